The Balaban J connectivity index is 2.54. The highest BCUT2D eigenvalue weighted by Crippen LogP contribution is 2.19. The molecule has 0 aliphatic rings. The minimum atomic E-state index is -0.547. The molecule has 0 saturated carbocycles. The van der Waals surface area contributed by atoms with Crippen LogP contribution < -0.4 is 5.32 Å². The number of amides is 1. The number of rotatable bonds is 7. The summed E-state index contributed by atoms with van der Waals surface area (Å²) in [5.74, 6) is -0.193. The summed E-state index contributed by atoms with van der Waals surface area (Å²) >= 11 is 0. The van der Waals surface area contributed by atoms with E-state index >= 15 is 0 Å². The average Bonchev–Trinajstić information content (AvgIpc) is 2.40. The second-order valence-corrected chi connectivity index (χ2v) is 3.87. The quantitative estimate of drug-likeness (QED) is 0.599. The van der Waals surface area contributed by atoms with Gasteiger partial charge >= 0.3 is 5.82 Å². The van der Waals surface area contributed by atoms with Crippen molar-refractivity contribution in [3.05, 3.63) is 28.4 Å². The number of hydrogen-bond acceptors (Lipinski definition) is 5. The van der Waals surface area contributed by atoms with Gasteiger partial charge in [0.05, 0.1) is 0 Å². The van der Waals surface area contributed by atoms with Gasteiger partial charge in [0.15, 0.2) is 0 Å². The molecule has 0 atom stereocenters. The average molecular weight is 266 g/mol. The fraction of sp³-hybridized carbons (Fsp3) is 0.500. The van der Waals surface area contributed by atoms with Gasteiger partial charge in [-0.1, -0.05) is 0 Å². The Bertz CT molecular complexity index is 446. The van der Waals surface area contributed by atoms with Crippen LogP contribution in [0.3, 0.4) is 0 Å². The summed E-state index contributed by atoms with van der Waals surface area (Å²) in [5.41, 5.74) is 0.333. The van der Waals surface area contributed by atoms with E-state index in [2.05, 4.69) is 10.3 Å². The van der Waals surface area contributed by atoms with Gasteiger partial charge in [-0.25, -0.2) is 0 Å². The van der Waals surface area contributed by atoms with Crippen LogP contribution in [0.1, 0.15) is 20.3 Å². The normalized spacial score (nSPS) is 10.0. The number of anilines is 1. The Morgan fingerprint density at radius 3 is 2.74 bits per heavy atom. The van der Waals surface area contributed by atoms with E-state index in [1.807, 2.05) is 13.8 Å². The van der Waals surface area contributed by atoms with Crippen molar-refractivity contribution < 1.29 is 9.72 Å². The van der Waals surface area contributed by atoms with Gasteiger partial charge in [0.2, 0.25) is 5.91 Å². The van der Waals surface area contributed by atoms with E-state index in [4.69, 9.17) is 0 Å². The molecule has 1 heterocycles. The molecule has 1 amide bonds. The Hall–Kier alpha value is -2.18. The van der Waals surface area contributed by atoms with Gasteiger partial charge in [-0.2, -0.15) is 0 Å². The molecule has 1 N–H and O–H groups in total. The first kappa shape index (κ1) is 14.9. The minimum absolute atomic E-state index is 0.0315. The third-order valence-corrected chi connectivity index (χ3v) is 2.73. The maximum Gasteiger partial charge on any atom is 0.386 e. The van der Waals surface area contributed by atoms with Crippen LogP contribution >= 0.6 is 0 Å². The maximum atomic E-state index is 11.8. The Labute approximate surface area is 111 Å². The maximum absolute atomic E-state index is 11.8. The van der Waals surface area contributed by atoms with Crippen LogP contribution in [0.15, 0.2) is 18.3 Å². The minimum Gasteiger partial charge on any atom is -0.378 e. The van der Waals surface area contributed by atoms with Crippen molar-refractivity contribution in [1.29, 1.82) is 0 Å². The van der Waals surface area contributed by atoms with Gasteiger partial charge in [-0.05, 0) is 35.9 Å². The van der Waals surface area contributed by atoms with E-state index in [0.29, 0.717) is 31.7 Å². The zero-order chi connectivity index (χ0) is 14.3. The fourth-order valence-corrected chi connectivity index (χ4v) is 1.72. The molecule has 104 valence electrons. The molecule has 0 aliphatic carbocycles. The summed E-state index contributed by atoms with van der Waals surface area (Å²) in [6.07, 6.45) is 1.66. The molecule has 1 rings (SSSR count). The topological polar surface area (TPSA) is 88.4 Å². The van der Waals surface area contributed by atoms with Gasteiger partial charge in [0.25, 0.3) is 0 Å². The van der Waals surface area contributed by atoms with Crippen molar-refractivity contribution in [2.24, 2.45) is 0 Å². The zero-order valence-corrected chi connectivity index (χ0v) is 11.1. The first-order valence-corrected chi connectivity index (χ1v) is 6.21. The number of carbonyl (C=O) groups excluding carboxylic acids is 1. The first-order valence-electron chi connectivity index (χ1n) is 6.21. The number of carbonyl (C=O) groups is 1. The number of nitrogens with one attached hydrogen (secondary N) is 1. The summed E-state index contributed by atoms with van der Waals surface area (Å²) in [5, 5.41) is 13.6. The van der Waals surface area contributed by atoms with Gasteiger partial charge < -0.3 is 20.3 Å². The van der Waals surface area contributed by atoms with E-state index in [1.165, 1.54) is 6.20 Å². The first-order chi connectivity index (χ1) is 9.10. The molecule has 0 fully saturated rings. The van der Waals surface area contributed by atoms with Crippen molar-refractivity contribution in [3.8, 4) is 0 Å². The SMILES string of the molecule is CCN(CC)C(=O)CCNc1cccnc1[N+](=O)[O-]. The fourth-order valence-electron chi connectivity index (χ4n) is 1.72. The lowest BCUT2D eigenvalue weighted by atomic mass is 10.3. The molecule has 0 unspecified atom stereocenters. The molecule has 0 spiro atoms. The molecule has 0 bridgehead atoms. The molecule has 19 heavy (non-hydrogen) atoms. The number of hydrogen-bond donors (Lipinski definition) is 1. The highest BCUT2D eigenvalue weighted by Gasteiger charge is 2.14. The standard InChI is InChI=1S/C12H18N4O3/c1-3-15(4-2)11(17)7-9-13-10-6-5-8-14-12(10)16(18)19/h5-6,8,13H,3-4,7,9H2,1-2H3. The number of nitro groups is 1. The smallest absolute Gasteiger partial charge is 0.378 e. The third kappa shape index (κ3) is 4.20. The van der Waals surface area contributed by atoms with Crippen LogP contribution in [-0.2, 0) is 4.79 Å². The van der Waals surface area contributed by atoms with Gasteiger partial charge in [0, 0.05) is 26.1 Å². The number of nitrogens with zero attached hydrogens (tertiary/aromatic N) is 3. The lowest BCUT2D eigenvalue weighted by Gasteiger charge is -2.18. The van der Waals surface area contributed by atoms with E-state index in [-0.39, 0.29) is 11.7 Å². The second-order valence-electron chi connectivity index (χ2n) is 3.87. The van der Waals surface area contributed by atoms with Crippen molar-refractivity contribution >= 4 is 17.4 Å². The lowest BCUT2D eigenvalue weighted by Crippen LogP contribution is -2.31. The van der Waals surface area contributed by atoms with Gasteiger partial charge in [0.1, 0.15) is 11.9 Å². The van der Waals surface area contributed by atoms with Crippen LogP contribution in [-0.4, -0.2) is 40.3 Å². The second kappa shape index (κ2) is 7.30. The van der Waals surface area contributed by atoms with Crippen LogP contribution in [0, 0.1) is 10.1 Å². The predicted octanol–water partition coefficient (Wildman–Crippen LogP) is 1.66. The van der Waals surface area contributed by atoms with Crippen LogP contribution in [0.2, 0.25) is 0 Å². The Morgan fingerprint density at radius 2 is 2.16 bits per heavy atom. The van der Waals surface area contributed by atoms with E-state index < -0.39 is 4.92 Å². The summed E-state index contributed by atoms with van der Waals surface area (Å²) in [6.45, 7) is 5.52. The molecular formula is C12H18N4O3. The molecule has 7 heteroatoms. The molecule has 1 aromatic rings. The molecule has 0 saturated heterocycles. The van der Waals surface area contributed by atoms with Crippen molar-refractivity contribution in [2.45, 2.75) is 20.3 Å². The molecule has 1 aromatic heterocycles. The summed E-state index contributed by atoms with van der Waals surface area (Å²) in [4.78, 5) is 27.4. The molecular weight excluding hydrogens is 248 g/mol. The van der Waals surface area contributed by atoms with Gasteiger partial charge in [-0.15, -0.1) is 0 Å². The Morgan fingerprint density at radius 1 is 1.47 bits per heavy atom. The summed E-state index contributed by atoms with van der Waals surface area (Å²) in [7, 11) is 0. The van der Waals surface area contributed by atoms with Crippen molar-refractivity contribution in [3.63, 3.8) is 0 Å². The van der Waals surface area contributed by atoms with Crippen LogP contribution in [0.5, 0.6) is 0 Å². The largest absolute Gasteiger partial charge is 0.386 e. The van der Waals surface area contributed by atoms with E-state index in [0.717, 1.165) is 0 Å². The third-order valence-electron chi connectivity index (χ3n) is 2.73. The van der Waals surface area contributed by atoms with E-state index in [9.17, 15) is 14.9 Å². The molecule has 7 nitrogen and oxygen atoms in total. The summed E-state index contributed by atoms with van der Waals surface area (Å²) in [6, 6.07) is 3.19. The van der Waals surface area contributed by atoms with Crippen LogP contribution in [0.25, 0.3) is 0 Å². The molecule has 0 aromatic carbocycles. The zero-order valence-electron chi connectivity index (χ0n) is 11.1. The predicted molar refractivity (Wildman–Crippen MR) is 71.9 cm³/mol. The highest BCUT2D eigenvalue weighted by atomic mass is 16.6. The lowest BCUT2D eigenvalue weighted by molar-refractivity contribution is -0.388. The van der Waals surface area contributed by atoms with Crippen molar-refractivity contribution in [2.75, 3.05) is 25.0 Å². The van der Waals surface area contributed by atoms with E-state index in [1.54, 1.807) is 17.0 Å². The van der Waals surface area contributed by atoms with Crippen molar-refractivity contribution in [1.82, 2.24) is 9.88 Å². The molecule has 0 radical (unpaired) electrons. The van der Waals surface area contributed by atoms with Gasteiger partial charge in [-0.3, -0.25) is 4.79 Å². The number of pyridine rings is 1. The Kier molecular flexibility index (Phi) is 5.72. The highest BCUT2D eigenvalue weighted by molar-refractivity contribution is 5.76. The summed E-state index contributed by atoms with van der Waals surface area (Å²) < 4.78 is 0. The molecule has 0 aliphatic heterocycles. The van der Waals surface area contributed by atoms with Crippen LogP contribution in [0.4, 0.5) is 11.5 Å². The number of aromatic nitrogens is 1. The monoisotopic (exact) mass is 266 g/mol.